The van der Waals surface area contributed by atoms with Crippen LogP contribution in [0.1, 0.15) is 11.1 Å². The minimum absolute atomic E-state index is 0.426. The molecule has 2 rings (SSSR count). The Bertz CT molecular complexity index is 778. The Morgan fingerprint density at radius 2 is 1.64 bits per heavy atom. The predicted octanol–water partition coefficient (Wildman–Crippen LogP) is 5.69. The topological polar surface area (TPSA) is 42.8 Å². The Balaban J connectivity index is 2.20. The van der Waals surface area contributed by atoms with E-state index >= 15 is 0 Å². The number of anilines is 1. The van der Waals surface area contributed by atoms with Crippen molar-refractivity contribution in [3.8, 4) is 11.5 Å². The maximum atomic E-state index is 12.5. The first-order valence-corrected chi connectivity index (χ1v) is 8.42. The van der Waals surface area contributed by atoms with Crippen molar-refractivity contribution in [2.75, 3.05) is 19.6 Å². The third-order valence-corrected chi connectivity index (χ3v) is 4.49. The van der Waals surface area contributed by atoms with Gasteiger partial charge in [0.05, 0.1) is 36.2 Å². The van der Waals surface area contributed by atoms with E-state index in [2.05, 4.69) is 42.4 Å². The van der Waals surface area contributed by atoms with Gasteiger partial charge in [-0.05, 0) is 62.2 Å². The van der Waals surface area contributed by atoms with Crippen LogP contribution >= 0.6 is 31.9 Å². The van der Waals surface area contributed by atoms with E-state index in [1.807, 2.05) is 0 Å². The van der Waals surface area contributed by atoms with Crippen LogP contribution in [0.4, 0.5) is 18.9 Å². The molecular weight excluding hydrogens is 469 g/mol. The number of hydrogen-bond donors (Lipinski definition) is 1. The summed E-state index contributed by atoms with van der Waals surface area (Å²) in [7, 11) is 3.04. The first-order chi connectivity index (χ1) is 11.8. The molecule has 0 aliphatic rings. The molecular formula is C16H13Br2F3N2O2. The zero-order chi connectivity index (χ0) is 18.6. The first-order valence-electron chi connectivity index (χ1n) is 6.84. The highest BCUT2D eigenvalue weighted by Gasteiger charge is 2.29. The van der Waals surface area contributed by atoms with Gasteiger partial charge in [0.2, 0.25) is 0 Å². The van der Waals surface area contributed by atoms with Crippen molar-refractivity contribution in [3.63, 3.8) is 0 Å². The second-order valence-electron chi connectivity index (χ2n) is 4.77. The fourth-order valence-corrected chi connectivity index (χ4v) is 3.64. The zero-order valence-corrected chi connectivity index (χ0v) is 16.3. The first kappa shape index (κ1) is 19.6. The van der Waals surface area contributed by atoms with Gasteiger partial charge in [-0.3, -0.25) is 5.43 Å². The number of nitrogens with zero attached hydrogens (tertiary/aromatic N) is 1. The van der Waals surface area contributed by atoms with Gasteiger partial charge in [0.1, 0.15) is 10.2 Å². The summed E-state index contributed by atoms with van der Waals surface area (Å²) in [4.78, 5) is 0. The van der Waals surface area contributed by atoms with Crippen LogP contribution in [-0.4, -0.2) is 20.4 Å². The molecule has 0 fully saturated rings. The minimum Gasteiger partial charge on any atom is -0.495 e. The van der Waals surface area contributed by atoms with E-state index in [1.165, 1.54) is 32.6 Å². The van der Waals surface area contributed by atoms with E-state index in [-0.39, 0.29) is 0 Å². The van der Waals surface area contributed by atoms with Gasteiger partial charge in [-0.15, -0.1) is 0 Å². The lowest BCUT2D eigenvalue weighted by Crippen LogP contribution is -2.04. The molecule has 25 heavy (non-hydrogen) atoms. The fourth-order valence-electron chi connectivity index (χ4n) is 2.00. The van der Waals surface area contributed by atoms with Gasteiger partial charge in [-0.2, -0.15) is 18.3 Å². The average Bonchev–Trinajstić information content (AvgIpc) is 2.55. The van der Waals surface area contributed by atoms with Gasteiger partial charge in [-0.1, -0.05) is 0 Å². The summed E-state index contributed by atoms with van der Waals surface area (Å²) in [6.07, 6.45) is -2.87. The van der Waals surface area contributed by atoms with Crippen molar-refractivity contribution in [2.24, 2.45) is 5.10 Å². The second-order valence-corrected chi connectivity index (χ2v) is 6.42. The SMILES string of the molecule is COc1c(Br)cc(C=NNc2ccc(C(F)(F)F)cc2)c(OC)c1Br. The van der Waals surface area contributed by atoms with Crippen LogP contribution in [0.5, 0.6) is 11.5 Å². The number of methoxy groups -OCH3 is 2. The highest BCUT2D eigenvalue weighted by molar-refractivity contribution is 9.11. The molecule has 2 aromatic rings. The Morgan fingerprint density at radius 3 is 2.16 bits per heavy atom. The molecule has 0 bridgehead atoms. The lowest BCUT2D eigenvalue weighted by molar-refractivity contribution is -0.137. The third kappa shape index (κ3) is 4.66. The Hall–Kier alpha value is -1.74. The number of rotatable bonds is 5. The summed E-state index contributed by atoms with van der Waals surface area (Å²) < 4.78 is 49.5. The van der Waals surface area contributed by atoms with Crippen molar-refractivity contribution < 1.29 is 22.6 Å². The number of alkyl halides is 3. The maximum Gasteiger partial charge on any atom is 0.416 e. The average molecular weight is 482 g/mol. The molecule has 0 saturated heterocycles. The number of nitrogens with one attached hydrogen (secondary N) is 1. The molecule has 0 radical (unpaired) electrons. The van der Waals surface area contributed by atoms with E-state index in [4.69, 9.17) is 9.47 Å². The molecule has 0 amide bonds. The lowest BCUT2D eigenvalue weighted by atomic mass is 10.2. The summed E-state index contributed by atoms with van der Waals surface area (Å²) in [6.45, 7) is 0. The van der Waals surface area contributed by atoms with Crippen molar-refractivity contribution >= 4 is 43.8 Å². The van der Waals surface area contributed by atoms with Crippen LogP contribution in [0.3, 0.4) is 0 Å². The molecule has 4 nitrogen and oxygen atoms in total. The Kier molecular flexibility index (Phi) is 6.34. The molecule has 0 spiro atoms. The van der Waals surface area contributed by atoms with Gasteiger partial charge < -0.3 is 9.47 Å². The molecule has 0 saturated carbocycles. The molecule has 0 aromatic heterocycles. The molecule has 0 aliphatic carbocycles. The molecule has 0 atom stereocenters. The highest BCUT2D eigenvalue weighted by atomic mass is 79.9. The predicted molar refractivity (Wildman–Crippen MR) is 97.6 cm³/mol. The summed E-state index contributed by atoms with van der Waals surface area (Å²) in [5.41, 5.74) is 3.03. The molecule has 9 heteroatoms. The van der Waals surface area contributed by atoms with Crippen LogP contribution in [-0.2, 0) is 6.18 Å². The van der Waals surface area contributed by atoms with Crippen LogP contribution in [0.2, 0.25) is 0 Å². The van der Waals surface area contributed by atoms with Crippen LogP contribution in [0.15, 0.2) is 44.4 Å². The minimum atomic E-state index is -4.36. The number of hydrogen-bond acceptors (Lipinski definition) is 4. The van der Waals surface area contributed by atoms with E-state index in [0.29, 0.717) is 31.7 Å². The second kappa shape index (κ2) is 8.09. The molecule has 134 valence electrons. The van der Waals surface area contributed by atoms with Crippen LogP contribution < -0.4 is 14.9 Å². The Labute approximate surface area is 159 Å². The van der Waals surface area contributed by atoms with Gasteiger partial charge >= 0.3 is 6.18 Å². The number of hydrazone groups is 1. The van der Waals surface area contributed by atoms with Gasteiger partial charge in [-0.25, -0.2) is 0 Å². The maximum absolute atomic E-state index is 12.5. The Morgan fingerprint density at radius 1 is 1.04 bits per heavy atom. The monoisotopic (exact) mass is 480 g/mol. The van der Waals surface area contributed by atoms with Crippen molar-refractivity contribution in [3.05, 3.63) is 50.4 Å². The smallest absolute Gasteiger partial charge is 0.416 e. The van der Waals surface area contributed by atoms with Crippen molar-refractivity contribution in [1.82, 2.24) is 0 Å². The summed E-state index contributed by atoms with van der Waals surface area (Å²) >= 11 is 6.78. The summed E-state index contributed by atoms with van der Waals surface area (Å²) in [6, 6.07) is 6.33. The third-order valence-electron chi connectivity index (χ3n) is 3.18. The van der Waals surface area contributed by atoms with E-state index < -0.39 is 11.7 Å². The molecule has 0 unspecified atom stereocenters. The van der Waals surface area contributed by atoms with Gasteiger partial charge in [0.25, 0.3) is 0 Å². The van der Waals surface area contributed by atoms with E-state index in [0.717, 1.165) is 12.1 Å². The zero-order valence-electron chi connectivity index (χ0n) is 13.1. The number of ether oxygens (including phenoxy) is 2. The van der Waals surface area contributed by atoms with Crippen molar-refractivity contribution in [1.29, 1.82) is 0 Å². The fraction of sp³-hybridized carbons (Fsp3) is 0.188. The van der Waals surface area contributed by atoms with E-state index in [9.17, 15) is 13.2 Å². The van der Waals surface area contributed by atoms with Crippen LogP contribution in [0.25, 0.3) is 0 Å². The summed E-state index contributed by atoms with van der Waals surface area (Å²) in [5.74, 6) is 1.09. The normalized spacial score (nSPS) is 11.6. The molecule has 0 aliphatic heterocycles. The van der Waals surface area contributed by atoms with Crippen LogP contribution in [0, 0.1) is 0 Å². The van der Waals surface area contributed by atoms with Crippen molar-refractivity contribution in [2.45, 2.75) is 6.18 Å². The van der Waals surface area contributed by atoms with E-state index in [1.54, 1.807) is 6.07 Å². The largest absolute Gasteiger partial charge is 0.495 e. The quantitative estimate of drug-likeness (QED) is 0.440. The number of halogens is 5. The van der Waals surface area contributed by atoms with Gasteiger partial charge in [0, 0.05) is 5.56 Å². The van der Waals surface area contributed by atoms with Gasteiger partial charge in [0.15, 0.2) is 5.75 Å². The number of benzene rings is 2. The molecule has 2 aromatic carbocycles. The summed E-state index contributed by atoms with van der Waals surface area (Å²) in [5, 5.41) is 4.03. The highest BCUT2D eigenvalue weighted by Crippen LogP contribution is 2.42. The standard InChI is InChI=1S/C16H13Br2F3N2O2/c1-24-14-9(7-12(17)15(25-2)13(14)18)8-22-23-11-5-3-10(4-6-11)16(19,20)21/h3-8,23H,1-2H3. The molecule has 0 heterocycles. The lowest BCUT2D eigenvalue weighted by Gasteiger charge is -2.13. The molecule has 1 N–H and O–H groups in total.